The van der Waals surface area contributed by atoms with Crippen LogP contribution in [-0.4, -0.2) is 167 Å². The lowest BCUT2D eigenvalue weighted by Gasteiger charge is -2.35. The number of halogens is 1. The zero-order chi connectivity index (χ0) is 52.0. The summed E-state index contributed by atoms with van der Waals surface area (Å²) in [6.45, 7) is 10.1. The van der Waals surface area contributed by atoms with Crippen LogP contribution in [0.2, 0.25) is 5.02 Å². The Morgan fingerprint density at radius 1 is 0.878 bits per heavy atom. The summed E-state index contributed by atoms with van der Waals surface area (Å²) in [6.07, 6.45) is 5.22. The molecule has 0 saturated carbocycles. The number of ether oxygens (including phenoxy) is 4. The van der Waals surface area contributed by atoms with Crippen molar-refractivity contribution in [3.63, 3.8) is 0 Å². The van der Waals surface area contributed by atoms with Gasteiger partial charge in [-0.15, -0.1) is 5.10 Å². The third-order valence-corrected chi connectivity index (χ3v) is 13.5. The summed E-state index contributed by atoms with van der Waals surface area (Å²) < 4.78 is 24.2. The Balaban J connectivity index is 0.626. The van der Waals surface area contributed by atoms with E-state index in [0.717, 1.165) is 22.0 Å². The monoisotopic (exact) mass is 1060 g/mol. The number of para-hydroxylation sites is 1. The first-order valence-corrected chi connectivity index (χ1v) is 25.6. The Bertz CT molecular complexity index is 2800. The Labute approximate surface area is 435 Å². The topological polar surface area (TPSA) is 267 Å². The van der Waals surface area contributed by atoms with Crippen LogP contribution < -0.4 is 26.2 Å². The van der Waals surface area contributed by atoms with Gasteiger partial charge >= 0.3 is 0 Å². The number of hydrogen-bond donors (Lipinski definition) is 4. The van der Waals surface area contributed by atoms with Gasteiger partial charge in [0.05, 0.1) is 93.1 Å². The third kappa shape index (κ3) is 14.0. The number of piperidine rings is 1. The molecule has 1 atom stereocenters. The van der Waals surface area contributed by atoms with E-state index in [1.165, 1.54) is 17.5 Å². The summed E-state index contributed by atoms with van der Waals surface area (Å²) in [5.74, 6) is -0.547. The maximum absolute atomic E-state index is 13.2. The average molecular weight is 1060 g/mol. The van der Waals surface area contributed by atoms with E-state index in [0.29, 0.717) is 149 Å². The van der Waals surface area contributed by atoms with Gasteiger partial charge in [0, 0.05) is 63.5 Å². The number of piperazine rings is 1. The number of carbonyl (C=O) groups excluding carboxylic acids is 6. The molecule has 25 heteroatoms. The number of benzene rings is 2. The maximum Gasteiger partial charge on any atom is 0.267 e. The maximum atomic E-state index is 13.2. The van der Waals surface area contributed by atoms with Crippen molar-refractivity contribution in [1.82, 2.24) is 45.1 Å². The molecule has 74 heavy (non-hydrogen) atoms. The average Bonchev–Trinajstić information content (AvgIpc) is 4.12. The summed E-state index contributed by atoms with van der Waals surface area (Å²) in [6, 6.07) is 11.2. The van der Waals surface area contributed by atoms with Gasteiger partial charge in [0.2, 0.25) is 17.7 Å². The van der Waals surface area contributed by atoms with Gasteiger partial charge in [-0.3, -0.25) is 39.0 Å². The van der Waals surface area contributed by atoms with E-state index in [1.54, 1.807) is 28.9 Å². The lowest BCUT2D eigenvalue weighted by atomic mass is 10.0. The number of imide groups is 2. The van der Waals surface area contributed by atoms with Gasteiger partial charge in [-0.05, 0) is 56.9 Å². The van der Waals surface area contributed by atoms with Crippen LogP contribution in [0.1, 0.15) is 73.2 Å². The molecular formula is C49H58ClN13O10S. The van der Waals surface area contributed by atoms with E-state index >= 15 is 0 Å². The number of aromatic nitrogens is 6. The van der Waals surface area contributed by atoms with Crippen molar-refractivity contribution in [2.75, 3.05) is 106 Å². The lowest BCUT2D eigenvalue weighted by Crippen LogP contribution is -2.54. The molecule has 0 radical (unpaired) electrons. The molecule has 23 nitrogen and oxygen atoms in total. The summed E-state index contributed by atoms with van der Waals surface area (Å²) in [5, 5.41) is 20.9. The van der Waals surface area contributed by atoms with Crippen molar-refractivity contribution >= 4 is 86.5 Å². The number of rotatable bonds is 26. The number of hydrogen-bond acceptors (Lipinski definition) is 19. The van der Waals surface area contributed by atoms with Crippen molar-refractivity contribution in [3.05, 3.63) is 93.0 Å². The number of fused-ring (bicyclic) bond motifs is 1. The van der Waals surface area contributed by atoms with Crippen molar-refractivity contribution in [2.24, 2.45) is 0 Å². The van der Waals surface area contributed by atoms with Crippen molar-refractivity contribution in [3.8, 4) is 0 Å². The first-order valence-electron chi connectivity index (χ1n) is 24.4. The Kier molecular flexibility index (Phi) is 18.6. The van der Waals surface area contributed by atoms with Crippen LogP contribution in [0.5, 0.6) is 0 Å². The van der Waals surface area contributed by atoms with Gasteiger partial charge in [0.25, 0.3) is 17.7 Å². The van der Waals surface area contributed by atoms with Crippen LogP contribution in [0.25, 0.3) is 0 Å². The molecule has 0 bridgehead atoms. The van der Waals surface area contributed by atoms with E-state index in [1.807, 2.05) is 43.1 Å². The van der Waals surface area contributed by atoms with E-state index in [9.17, 15) is 28.8 Å². The van der Waals surface area contributed by atoms with Gasteiger partial charge in [0.15, 0.2) is 5.13 Å². The molecule has 2 aromatic carbocycles. The SMILES string of the molecule is Cc1nc(Nc2ncc(C(=O)Nc3c(C)cccc3Cl)s2)cc(N2CCN(C(=O)CCCc3cn(CCOCCOCCOCCOCCNc4cccc5c4C(=O)N(C4CCC(=O)NC4=O)C5=O)nn3)CC2)n1. The predicted molar refractivity (Wildman–Crippen MR) is 273 cm³/mol. The minimum absolute atomic E-state index is 0.0546. The number of anilines is 5. The third-order valence-electron chi connectivity index (χ3n) is 12.2. The van der Waals surface area contributed by atoms with Crippen LogP contribution in [0, 0.1) is 13.8 Å². The quantitative estimate of drug-likeness (QED) is 0.0450. The number of amides is 6. The molecule has 5 aromatic rings. The highest BCUT2D eigenvalue weighted by molar-refractivity contribution is 7.17. The van der Waals surface area contributed by atoms with E-state index in [-0.39, 0.29) is 35.8 Å². The first-order chi connectivity index (χ1) is 35.9. The molecule has 3 aromatic heterocycles. The van der Waals surface area contributed by atoms with E-state index in [4.69, 9.17) is 30.5 Å². The Morgan fingerprint density at radius 3 is 2.35 bits per heavy atom. The standard InChI is InChI=1S/C49H58ClN13O10S/c1-31-6-3-9-35(50)44(31)57-46(67)38-29-52-49(74-38)55-39-28-40(54-32(2)53-39)60-15-17-61(18-16-60)42(65)11-4-7-33-30-62(59-58-33)19-21-71-23-25-73-27-26-72-24-22-70-20-14-51-36-10-5-8-34-43(36)48(69)63(47(34)68)37-12-13-41(64)56-45(37)66/h3,5-6,8-10,28-30,37,51H,4,7,11-27H2,1-2H3,(H,57,67)(H,56,64,66)(H,52,53,54,55). The van der Waals surface area contributed by atoms with Gasteiger partial charge in [0.1, 0.15) is 28.4 Å². The molecule has 392 valence electrons. The van der Waals surface area contributed by atoms with Crippen LogP contribution in [-0.2, 0) is 46.3 Å². The van der Waals surface area contributed by atoms with Gasteiger partial charge in [-0.25, -0.2) is 19.6 Å². The van der Waals surface area contributed by atoms with Gasteiger partial charge in [-0.1, -0.05) is 46.4 Å². The zero-order valence-electron chi connectivity index (χ0n) is 41.1. The highest BCUT2D eigenvalue weighted by atomic mass is 35.5. The van der Waals surface area contributed by atoms with Crippen LogP contribution in [0.15, 0.2) is 54.9 Å². The fourth-order valence-corrected chi connectivity index (χ4v) is 9.44. The summed E-state index contributed by atoms with van der Waals surface area (Å²) in [7, 11) is 0. The molecule has 0 spiro atoms. The minimum atomic E-state index is -1.03. The zero-order valence-corrected chi connectivity index (χ0v) is 42.7. The first kappa shape index (κ1) is 53.3. The minimum Gasteiger partial charge on any atom is -0.382 e. The van der Waals surface area contributed by atoms with E-state index < -0.39 is 29.7 Å². The normalized spacial score (nSPS) is 15.7. The van der Waals surface area contributed by atoms with Crippen molar-refractivity contribution in [2.45, 2.75) is 58.5 Å². The molecule has 4 N–H and O–H groups in total. The number of aryl methyl sites for hydroxylation is 3. The number of nitrogens with zero attached hydrogens (tertiary/aromatic N) is 9. The summed E-state index contributed by atoms with van der Waals surface area (Å²) in [5.41, 5.74) is 3.11. The van der Waals surface area contributed by atoms with Crippen LogP contribution >= 0.6 is 22.9 Å². The fraction of sp³-hybridized carbons (Fsp3) is 0.449. The second-order valence-electron chi connectivity index (χ2n) is 17.4. The molecule has 8 rings (SSSR count). The summed E-state index contributed by atoms with van der Waals surface area (Å²) >= 11 is 7.50. The molecule has 0 aliphatic carbocycles. The number of thiazole rings is 1. The van der Waals surface area contributed by atoms with Crippen LogP contribution in [0.3, 0.4) is 0 Å². The van der Waals surface area contributed by atoms with Crippen molar-refractivity contribution in [1.29, 1.82) is 0 Å². The lowest BCUT2D eigenvalue weighted by molar-refractivity contribution is -0.136. The highest BCUT2D eigenvalue weighted by Gasteiger charge is 2.45. The number of carbonyl (C=O) groups is 6. The molecule has 3 aliphatic heterocycles. The molecule has 6 amide bonds. The predicted octanol–water partition coefficient (Wildman–Crippen LogP) is 4.04. The van der Waals surface area contributed by atoms with Gasteiger partial charge < -0.3 is 44.7 Å². The fourth-order valence-electron chi connectivity index (χ4n) is 8.46. The molecule has 1 unspecified atom stereocenters. The molecular weight excluding hydrogens is 998 g/mol. The molecule has 2 saturated heterocycles. The Morgan fingerprint density at radius 2 is 1.61 bits per heavy atom. The van der Waals surface area contributed by atoms with Crippen molar-refractivity contribution < 1.29 is 47.7 Å². The molecule has 3 aliphatic rings. The van der Waals surface area contributed by atoms with Gasteiger partial charge in [-0.2, -0.15) is 0 Å². The summed E-state index contributed by atoms with van der Waals surface area (Å²) in [4.78, 5) is 95.2. The molecule has 2 fully saturated rings. The van der Waals surface area contributed by atoms with E-state index in [2.05, 4.69) is 51.4 Å². The second-order valence-corrected chi connectivity index (χ2v) is 18.9. The Hall–Kier alpha value is -6.96. The second kappa shape index (κ2) is 25.8. The van der Waals surface area contributed by atoms with Crippen LogP contribution in [0.4, 0.5) is 28.1 Å². The molecule has 6 heterocycles. The smallest absolute Gasteiger partial charge is 0.267 e. The highest BCUT2D eigenvalue weighted by Crippen LogP contribution is 2.33. The largest absolute Gasteiger partial charge is 0.382 e. The number of nitrogens with one attached hydrogen (secondary N) is 4.